The fraction of sp³-hybridized carbons (Fsp3) is 0.0870. The topological polar surface area (TPSA) is 86.9 Å². The van der Waals surface area contributed by atoms with Crippen LogP contribution in [0.1, 0.15) is 15.9 Å². The average molecular weight is 417 g/mol. The van der Waals surface area contributed by atoms with Crippen molar-refractivity contribution in [1.82, 2.24) is 15.3 Å². The Morgan fingerprint density at radius 3 is 2.67 bits per heavy atom. The number of nitrogens with one attached hydrogen (secondary N) is 3. The minimum Gasteiger partial charge on any atom is -0.346 e. The molecule has 0 saturated carbocycles. The molecule has 4 aromatic rings. The van der Waals surface area contributed by atoms with E-state index in [2.05, 4.69) is 20.6 Å². The molecule has 1 aliphatic heterocycles. The van der Waals surface area contributed by atoms with Crippen LogP contribution in [0.2, 0.25) is 5.02 Å². The third-order valence-electron chi connectivity index (χ3n) is 5.26. The lowest BCUT2D eigenvalue weighted by Crippen LogP contribution is -2.42. The van der Waals surface area contributed by atoms with Gasteiger partial charge in [0.25, 0.3) is 5.91 Å². The molecular formula is C23H17ClN4O2. The Kier molecular flexibility index (Phi) is 4.48. The lowest BCUT2D eigenvalue weighted by Gasteiger charge is -2.15. The number of aromatic nitrogens is 2. The Balaban J connectivity index is 1.37. The molecule has 3 heterocycles. The second kappa shape index (κ2) is 7.31. The van der Waals surface area contributed by atoms with Crippen LogP contribution in [-0.4, -0.2) is 27.8 Å². The molecule has 3 N–H and O–H groups in total. The number of amides is 2. The van der Waals surface area contributed by atoms with E-state index >= 15 is 0 Å². The number of hydrogen-bond donors (Lipinski definition) is 3. The van der Waals surface area contributed by atoms with Gasteiger partial charge in [0.05, 0.1) is 11.3 Å². The fourth-order valence-electron chi connectivity index (χ4n) is 3.73. The maximum atomic E-state index is 12.6. The zero-order valence-electron chi connectivity index (χ0n) is 15.8. The van der Waals surface area contributed by atoms with Crippen LogP contribution in [-0.2, 0) is 11.2 Å². The van der Waals surface area contributed by atoms with Gasteiger partial charge in [0.15, 0.2) is 0 Å². The molecule has 1 aliphatic rings. The molecule has 0 bridgehead atoms. The van der Waals surface area contributed by atoms with E-state index in [-0.39, 0.29) is 11.8 Å². The third kappa shape index (κ3) is 3.31. The zero-order valence-corrected chi connectivity index (χ0v) is 16.5. The van der Waals surface area contributed by atoms with Crippen LogP contribution < -0.4 is 10.6 Å². The summed E-state index contributed by atoms with van der Waals surface area (Å²) in [6, 6.07) is 16.1. The van der Waals surface area contributed by atoms with Gasteiger partial charge in [-0.3, -0.25) is 9.59 Å². The number of rotatable bonds is 3. The molecule has 5 rings (SSSR count). The monoisotopic (exact) mass is 416 g/mol. The van der Waals surface area contributed by atoms with Crippen molar-refractivity contribution in [3.8, 4) is 11.1 Å². The number of H-pyrrole nitrogens is 1. The molecule has 30 heavy (non-hydrogen) atoms. The van der Waals surface area contributed by atoms with Gasteiger partial charge in [-0.05, 0) is 41.5 Å². The van der Waals surface area contributed by atoms with Crippen molar-refractivity contribution in [2.45, 2.75) is 12.5 Å². The number of pyridine rings is 1. The Morgan fingerprint density at radius 1 is 1.00 bits per heavy atom. The Morgan fingerprint density at radius 2 is 1.83 bits per heavy atom. The van der Waals surface area contributed by atoms with Crippen molar-refractivity contribution in [1.29, 1.82) is 0 Å². The smallest absolute Gasteiger partial charge is 0.254 e. The SMILES string of the molecule is O=C1NC(Cc2ccc(-c3c[nH]c4ncccc34)cc2)C(=O)Nc2ccc(Cl)cc21. The van der Waals surface area contributed by atoms with E-state index in [1.165, 1.54) is 0 Å². The molecule has 2 aromatic carbocycles. The highest BCUT2D eigenvalue weighted by Crippen LogP contribution is 2.28. The molecule has 0 spiro atoms. The van der Waals surface area contributed by atoms with Gasteiger partial charge < -0.3 is 15.6 Å². The van der Waals surface area contributed by atoms with Crippen LogP contribution >= 0.6 is 11.6 Å². The van der Waals surface area contributed by atoms with Gasteiger partial charge in [-0.25, -0.2) is 4.98 Å². The van der Waals surface area contributed by atoms with Gasteiger partial charge in [0.1, 0.15) is 11.7 Å². The summed E-state index contributed by atoms with van der Waals surface area (Å²) in [5.74, 6) is -0.574. The molecule has 0 saturated heterocycles. The van der Waals surface area contributed by atoms with Crippen LogP contribution in [0.25, 0.3) is 22.2 Å². The summed E-state index contributed by atoms with van der Waals surface area (Å²) in [6.07, 6.45) is 4.08. The molecule has 6 nitrogen and oxygen atoms in total. The van der Waals surface area contributed by atoms with Crippen molar-refractivity contribution in [2.75, 3.05) is 5.32 Å². The number of fused-ring (bicyclic) bond motifs is 2. The molecule has 2 amide bonds. The quantitative estimate of drug-likeness (QED) is 0.468. The molecule has 0 fully saturated rings. The predicted molar refractivity (Wildman–Crippen MR) is 117 cm³/mol. The molecule has 0 radical (unpaired) electrons. The first-order valence-corrected chi connectivity index (χ1v) is 9.89. The third-order valence-corrected chi connectivity index (χ3v) is 5.50. The van der Waals surface area contributed by atoms with E-state index in [1.807, 2.05) is 42.6 Å². The van der Waals surface area contributed by atoms with Crippen molar-refractivity contribution >= 4 is 40.1 Å². The summed E-state index contributed by atoms with van der Waals surface area (Å²) in [5, 5.41) is 7.11. The summed E-state index contributed by atoms with van der Waals surface area (Å²) in [7, 11) is 0. The normalized spacial score (nSPS) is 16.0. The van der Waals surface area contributed by atoms with E-state index in [1.54, 1.807) is 24.4 Å². The van der Waals surface area contributed by atoms with Crippen LogP contribution in [0.15, 0.2) is 67.0 Å². The van der Waals surface area contributed by atoms with Gasteiger partial charge in [-0.15, -0.1) is 0 Å². The summed E-state index contributed by atoms with van der Waals surface area (Å²) < 4.78 is 0. The minimum absolute atomic E-state index is 0.254. The Bertz CT molecular complexity index is 1280. The summed E-state index contributed by atoms with van der Waals surface area (Å²) >= 11 is 5.99. The number of benzene rings is 2. The first-order chi connectivity index (χ1) is 14.6. The number of halogens is 1. The second-order valence-electron chi connectivity index (χ2n) is 7.21. The molecule has 7 heteroatoms. The second-order valence-corrected chi connectivity index (χ2v) is 7.64. The van der Waals surface area contributed by atoms with E-state index in [0.717, 1.165) is 27.7 Å². The van der Waals surface area contributed by atoms with Crippen molar-refractivity contribution in [3.05, 3.63) is 83.1 Å². The van der Waals surface area contributed by atoms with Gasteiger partial charge in [-0.2, -0.15) is 0 Å². The minimum atomic E-state index is -0.674. The number of aromatic amines is 1. The van der Waals surface area contributed by atoms with Gasteiger partial charge >= 0.3 is 0 Å². The molecule has 1 atom stereocenters. The van der Waals surface area contributed by atoms with Crippen molar-refractivity contribution in [2.24, 2.45) is 0 Å². The van der Waals surface area contributed by atoms with Crippen LogP contribution in [0.4, 0.5) is 5.69 Å². The highest BCUT2D eigenvalue weighted by Gasteiger charge is 2.28. The molecule has 0 aliphatic carbocycles. The van der Waals surface area contributed by atoms with E-state index in [9.17, 15) is 9.59 Å². The van der Waals surface area contributed by atoms with E-state index < -0.39 is 6.04 Å². The number of hydrogen-bond acceptors (Lipinski definition) is 3. The molecule has 148 valence electrons. The molecule has 1 unspecified atom stereocenters. The lowest BCUT2D eigenvalue weighted by atomic mass is 10.0. The summed E-state index contributed by atoms with van der Waals surface area (Å²) in [6.45, 7) is 0. The van der Waals surface area contributed by atoms with E-state index in [0.29, 0.717) is 22.7 Å². The number of nitrogens with zero attached hydrogens (tertiary/aromatic N) is 1. The van der Waals surface area contributed by atoms with Gasteiger partial charge in [0, 0.05) is 34.8 Å². The van der Waals surface area contributed by atoms with Crippen LogP contribution in [0.5, 0.6) is 0 Å². The Labute approximate surface area is 177 Å². The predicted octanol–water partition coefficient (Wildman–Crippen LogP) is 4.18. The largest absolute Gasteiger partial charge is 0.346 e. The fourth-order valence-corrected chi connectivity index (χ4v) is 3.90. The van der Waals surface area contributed by atoms with Gasteiger partial charge in [-0.1, -0.05) is 35.9 Å². The number of anilines is 1. The standard InChI is InChI=1S/C23H17ClN4O2/c24-15-7-8-19-17(11-15)22(29)28-20(23(30)27-19)10-13-3-5-14(6-4-13)18-12-26-21-16(18)2-1-9-25-21/h1-9,11-12,20H,10H2,(H,25,26)(H,27,30)(H,28,29). The first kappa shape index (κ1) is 18.4. The lowest BCUT2D eigenvalue weighted by molar-refractivity contribution is -0.117. The first-order valence-electron chi connectivity index (χ1n) is 9.51. The summed E-state index contributed by atoms with van der Waals surface area (Å²) in [5.41, 5.74) is 4.73. The average Bonchev–Trinajstić information content (AvgIpc) is 3.14. The Hall–Kier alpha value is -3.64. The number of carbonyl (C=O) groups is 2. The van der Waals surface area contributed by atoms with Crippen molar-refractivity contribution < 1.29 is 9.59 Å². The van der Waals surface area contributed by atoms with E-state index in [4.69, 9.17) is 11.6 Å². The maximum Gasteiger partial charge on any atom is 0.254 e. The maximum absolute atomic E-state index is 12.6. The van der Waals surface area contributed by atoms with Crippen LogP contribution in [0, 0.1) is 0 Å². The highest BCUT2D eigenvalue weighted by atomic mass is 35.5. The summed E-state index contributed by atoms with van der Waals surface area (Å²) in [4.78, 5) is 32.7. The molecular weight excluding hydrogens is 400 g/mol. The molecule has 2 aromatic heterocycles. The number of carbonyl (C=O) groups excluding carboxylic acids is 2. The van der Waals surface area contributed by atoms with Gasteiger partial charge in [0.2, 0.25) is 5.91 Å². The zero-order chi connectivity index (χ0) is 20.7. The van der Waals surface area contributed by atoms with Crippen molar-refractivity contribution in [3.63, 3.8) is 0 Å². The van der Waals surface area contributed by atoms with Crippen LogP contribution in [0.3, 0.4) is 0 Å². The highest BCUT2D eigenvalue weighted by molar-refractivity contribution is 6.31.